The van der Waals surface area contributed by atoms with E-state index in [1.54, 1.807) is 17.0 Å². The molecule has 3 aromatic rings. The minimum absolute atomic E-state index is 0.00183. The summed E-state index contributed by atoms with van der Waals surface area (Å²) < 4.78 is 3.60. The highest BCUT2D eigenvalue weighted by Gasteiger charge is 2.31. The molecule has 3 aromatic heterocycles. The van der Waals surface area contributed by atoms with Crippen LogP contribution in [0.25, 0.3) is 5.65 Å². The lowest BCUT2D eigenvalue weighted by Gasteiger charge is -2.34. The van der Waals surface area contributed by atoms with Crippen molar-refractivity contribution in [3.63, 3.8) is 0 Å². The summed E-state index contributed by atoms with van der Waals surface area (Å²) in [5.74, 6) is 0.817. The fourth-order valence-corrected chi connectivity index (χ4v) is 3.55. The maximum Gasteiger partial charge on any atom is 0.248 e. The van der Waals surface area contributed by atoms with Crippen LogP contribution in [0.1, 0.15) is 24.6 Å². The lowest BCUT2D eigenvalue weighted by molar-refractivity contribution is -0.169. The van der Waals surface area contributed by atoms with Crippen LogP contribution < -0.4 is 4.90 Å². The topological polar surface area (TPSA) is 93.7 Å². The van der Waals surface area contributed by atoms with Gasteiger partial charge in [0.2, 0.25) is 5.91 Å². The molecule has 134 valence electrons. The van der Waals surface area contributed by atoms with Gasteiger partial charge in [-0.15, -0.1) is 15.3 Å². The van der Waals surface area contributed by atoms with Crippen LogP contribution >= 0.6 is 0 Å². The molecule has 0 spiro atoms. The number of anilines is 1. The zero-order chi connectivity index (χ0) is 17.5. The third kappa shape index (κ3) is 2.58. The number of nitrogens with zero attached hydrogens (tertiary/aromatic N) is 8. The molecule has 5 heterocycles. The van der Waals surface area contributed by atoms with Gasteiger partial charge in [0, 0.05) is 12.7 Å². The fraction of sp³-hybridized carbons (Fsp3) is 0.438. The highest BCUT2D eigenvalue weighted by atomic mass is 16.7. The van der Waals surface area contributed by atoms with Gasteiger partial charge in [-0.25, -0.2) is 5.06 Å². The van der Waals surface area contributed by atoms with Gasteiger partial charge in [0.05, 0.1) is 37.9 Å². The monoisotopic (exact) mass is 354 g/mol. The quantitative estimate of drug-likeness (QED) is 0.673. The van der Waals surface area contributed by atoms with E-state index >= 15 is 0 Å². The smallest absolute Gasteiger partial charge is 0.248 e. The number of amides is 1. The summed E-state index contributed by atoms with van der Waals surface area (Å²) in [5, 5.41) is 18.3. The Hall–Kier alpha value is -3.01. The lowest BCUT2D eigenvalue weighted by Crippen LogP contribution is -2.41. The minimum atomic E-state index is -0.0659. The van der Waals surface area contributed by atoms with Crippen LogP contribution in [-0.2, 0) is 16.2 Å². The van der Waals surface area contributed by atoms with Crippen molar-refractivity contribution in [3.8, 4) is 0 Å². The summed E-state index contributed by atoms with van der Waals surface area (Å²) in [4.78, 5) is 20.1. The minimum Gasteiger partial charge on any atom is -0.347 e. The molecule has 0 radical (unpaired) electrons. The predicted molar refractivity (Wildman–Crippen MR) is 90.0 cm³/mol. The normalized spacial score (nSPS) is 19.9. The van der Waals surface area contributed by atoms with Crippen molar-refractivity contribution >= 4 is 17.4 Å². The van der Waals surface area contributed by atoms with Crippen molar-refractivity contribution in [2.45, 2.75) is 25.4 Å². The summed E-state index contributed by atoms with van der Waals surface area (Å²) in [5.41, 5.74) is 1.76. The van der Waals surface area contributed by atoms with Gasteiger partial charge < -0.3 is 4.90 Å². The highest BCUT2D eigenvalue weighted by molar-refractivity contribution is 5.75. The largest absolute Gasteiger partial charge is 0.347 e. The first-order valence-electron chi connectivity index (χ1n) is 8.65. The van der Waals surface area contributed by atoms with Crippen molar-refractivity contribution in [3.05, 3.63) is 36.4 Å². The van der Waals surface area contributed by atoms with E-state index in [1.165, 1.54) is 5.06 Å². The Morgan fingerprint density at radius 2 is 2.27 bits per heavy atom. The second-order valence-corrected chi connectivity index (χ2v) is 6.51. The molecule has 10 heteroatoms. The van der Waals surface area contributed by atoms with Gasteiger partial charge in [-0.05, 0) is 24.6 Å². The Morgan fingerprint density at radius 3 is 3.15 bits per heavy atom. The van der Waals surface area contributed by atoms with Crippen LogP contribution in [0.2, 0.25) is 0 Å². The molecule has 10 nitrogen and oxygen atoms in total. The van der Waals surface area contributed by atoms with E-state index in [2.05, 4.69) is 25.3 Å². The number of fused-ring (bicyclic) bond motifs is 2. The van der Waals surface area contributed by atoms with E-state index in [0.29, 0.717) is 38.3 Å². The fourth-order valence-electron chi connectivity index (χ4n) is 3.55. The van der Waals surface area contributed by atoms with Gasteiger partial charge in [0.15, 0.2) is 5.65 Å². The second kappa shape index (κ2) is 6.06. The summed E-state index contributed by atoms with van der Waals surface area (Å²) in [7, 11) is 0. The lowest BCUT2D eigenvalue weighted by atomic mass is 10.1. The number of carbonyl (C=O) groups is 1. The summed E-state index contributed by atoms with van der Waals surface area (Å²) in [6.07, 6.45) is 4.59. The van der Waals surface area contributed by atoms with Crippen LogP contribution in [0.3, 0.4) is 0 Å². The molecule has 26 heavy (non-hydrogen) atoms. The Balaban J connectivity index is 1.41. The molecular formula is C16H18N8O2. The van der Waals surface area contributed by atoms with Crippen molar-refractivity contribution in [2.24, 2.45) is 0 Å². The van der Waals surface area contributed by atoms with Crippen LogP contribution in [-0.4, -0.2) is 60.3 Å². The molecule has 1 atom stereocenters. The molecule has 1 fully saturated rings. The molecule has 2 aliphatic rings. The van der Waals surface area contributed by atoms with Gasteiger partial charge in [0.25, 0.3) is 0 Å². The second-order valence-electron chi connectivity index (χ2n) is 6.51. The van der Waals surface area contributed by atoms with Gasteiger partial charge in [-0.3, -0.25) is 14.3 Å². The third-order valence-electron chi connectivity index (χ3n) is 4.79. The van der Waals surface area contributed by atoms with Gasteiger partial charge in [-0.2, -0.15) is 9.61 Å². The molecule has 5 rings (SSSR count). The molecule has 0 bridgehead atoms. The standard InChI is InChI=1S/C16H18N8O2/c25-16(23-6-1-7-26-23)8-13-10-21(9-12-4-5-18-24(12)13)15-3-2-14-19-17-11-22(14)20-15/h2-5,11,13H,1,6-10H2/t13-/m1/s1. The van der Waals surface area contributed by atoms with Crippen LogP contribution in [0.15, 0.2) is 30.7 Å². The molecule has 1 saturated heterocycles. The molecule has 0 aromatic carbocycles. The molecule has 1 amide bonds. The third-order valence-corrected chi connectivity index (χ3v) is 4.79. The summed E-state index contributed by atoms with van der Waals surface area (Å²) in [6.45, 7) is 2.60. The van der Waals surface area contributed by atoms with Crippen LogP contribution in [0.4, 0.5) is 5.82 Å². The average Bonchev–Trinajstić information content (AvgIpc) is 3.40. The number of aromatic nitrogens is 6. The van der Waals surface area contributed by atoms with E-state index in [1.807, 2.05) is 22.9 Å². The summed E-state index contributed by atoms with van der Waals surface area (Å²) >= 11 is 0. The first kappa shape index (κ1) is 15.3. The number of rotatable bonds is 3. The number of hydrogen-bond donors (Lipinski definition) is 0. The molecule has 2 aliphatic heterocycles. The first-order chi connectivity index (χ1) is 12.8. The Morgan fingerprint density at radius 1 is 1.31 bits per heavy atom. The number of hydroxylamine groups is 2. The maximum atomic E-state index is 12.5. The SMILES string of the molecule is O=C(C[C@@H]1CN(c2ccc3nncn3n2)Cc2ccnn21)N1CCCO1. The summed E-state index contributed by atoms with van der Waals surface area (Å²) in [6, 6.07) is 5.73. The van der Waals surface area contributed by atoms with Crippen molar-refractivity contribution in [1.29, 1.82) is 0 Å². The van der Waals surface area contributed by atoms with Crippen LogP contribution in [0.5, 0.6) is 0 Å². The molecule has 0 aliphatic carbocycles. The molecule has 0 unspecified atom stereocenters. The Bertz CT molecular complexity index is 945. The zero-order valence-electron chi connectivity index (χ0n) is 14.1. The van der Waals surface area contributed by atoms with Gasteiger partial charge >= 0.3 is 0 Å². The van der Waals surface area contributed by atoms with E-state index < -0.39 is 0 Å². The van der Waals surface area contributed by atoms with Crippen LogP contribution in [0, 0.1) is 0 Å². The van der Waals surface area contributed by atoms with Crippen molar-refractivity contribution in [2.75, 3.05) is 24.6 Å². The Labute approximate surface area is 148 Å². The highest BCUT2D eigenvalue weighted by Crippen LogP contribution is 2.27. The van der Waals surface area contributed by atoms with Crippen molar-refractivity contribution in [1.82, 2.24) is 34.7 Å². The number of hydrogen-bond acceptors (Lipinski definition) is 7. The van der Waals surface area contributed by atoms with E-state index in [-0.39, 0.29) is 11.9 Å². The molecule has 0 N–H and O–H groups in total. The first-order valence-corrected chi connectivity index (χ1v) is 8.65. The van der Waals surface area contributed by atoms with E-state index in [4.69, 9.17) is 4.84 Å². The maximum absolute atomic E-state index is 12.5. The molecular weight excluding hydrogens is 336 g/mol. The van der Waals surface area contributed by atoms with Crippen molar-refractivity contribution < 1.29 is 9.63 Å². The predicted octanol–water partition coefficient (Wildman–Crippen LogP) is 0.436. The van der Waals surface area contributed by atoms with E-state index in [0.717, 1.165) is 17.9 Å². The zero-order valence-corrected chi connectivity index (χ0v) is 14.1. The van der Waals surface area contributed by atoms with Gasteiger partial charge in [-0.1, -0.05) is 0 Å². The van der Waals surface area contributed by atoms with Gasteiger partial charge in [0.1, 0.15) is 12.1 Å². The average molecular weight is 354 g/mol. The molecule has 0 saturated carbocycles. The van der Waals surface area contributed by atoms with E-state index in [9.17, 15) is 4.79 Å². The Kier molecular flexibility index (Phi) is 3.56. The number of carbonyl (C=O) groups excluding carboxylic acids is 1.